The lowest BCUT2D eigenvalue weighted by Gasteiger charge is -2.15. The smallest absolute Gasteiger partial charge is 0.255 e. The number of methoxy groups -OCH3 is 1. The second kappa shape index (κ2) is 9.19. The van der Waals surface area contributed by atoms with E-state index >= 15 is 0 Å². The predicted molar refractivity (Wildman–Crippen MR) is 116 cm³/mol. The van der Waals surface area contributed by atoms with Gasteiger partial charge in [-0.2, -0.15) is 0 Å². The van der Waals surface area contributed by atoms with Gasteiger partial charge in [-0.1, -0.05) is 12.8 Å². The fraction of sp³-hybridized carbons (Fsp3) is 0.381. The minimum atomic E-state index is -3.74. The molecule has 1 N–H and O–H groups in total. The Balaban J connectivity index is 1.75. The maximum atomic E-state index is 12.7. The molecular formula is C21H26N2O4S2. The topological polar surface area (TPSA) is 75.7 Å². The third-order valence-corrected chi connectivity index (χ3v) is 8.09. The van der Waals surface area contributed by atoms with Crippen molar-refractivity contribution in [2.24, 2.45) is 0 Å². The molecule has 0 unspecified atom stereocenters. The maximum Gasteiger partial charge on any atom is 0.255 e. The molecule has 2 aromatic rings. The quantitative estimate of drug-likeness (QED) is 0.706. The number of thioether (sulfide) groups is 1. The van der Waals surface area contributed by atoms with E-state index in [0.717, 1.165) is 4.31 Å². The highest BCUT2D eigenvalue weighted by Crippen LogP contribution is 2.35. The lowest BCUT2D eigenvalue weighted by molar-refractivity contribution is 0.102. The molecule has 0 spiro atoms. The summed E-state index contributed by atoms with van der Waals surface area (Å²) >= 11 is 1.89. The minimum Gasteiger partial charge on any atom is -0.495 e. The Morgan fingerprint density at radius 3 is 2.34 bits per heavy atom. The van der Waals surface area contributed by atoms with E-state index in [0.29, 0.717) is 10.9 Å². The molecule has 2 aromatic carbocycles. The minimum absolute atomic E-state index is 0.0408. The molecule has 1 aliphatic rings. The zero-order valence-corrected chi connectivity index (χ0v) is 18.5. The van der Waals surface area contributed by atoms with Gasteiger partial charge in [0.2, 0.25) is 10.0 Å². The second-order valence-electron chi connectivity index (χ2n) is 7.16. The van der Waals surface area contributed by atoms with Crippen molar-refractivity contribution in [1.29, 1.82) is 0 Å². The molecule has 0 bridgehead atoms. The van der Waals surface area contributed by atoms with Crippen LogP contribution in [0.3, 0.4) is 0 Å². The number of benzene rings is 2. The number of ether oxygens (including phenoxy) is 1. The zero-order valence-electron chi connectivity index (χ0n) is 16.8. The number of nitrogens with one attached hydrogen (secondary N) is 1. The Bertz CT molecular complexity index is 967. The molecule has 1 amide bonds. The number of sulfonamides is 1. The summed E-state index contributed by atoms with van der Waals surface area (Å²) in [5, 5.41) is 3.51. The molecule has 1 fully saturated rings. The number of hydrogen-bond donors (Lipinski definition) is 1. The van der Waals surface area contributed by atoms with E-state index in [2.05, 4.69) is 5.32 Å². The van der Waals surface area contributed by atoms with Crippen LogP contribution in [0.4, 0.5) is 5.69 Å². The first-order chi connectivity index (χ1) is 13.8. The molecule has 0 atom stereocenters. The summed E-state index contributed by atoms with van der Waals surface area (Å²) in [4.78, 5) is 13.8. The SMILES string of the molecule is COc1ccc(C(=O)Nc2ccc(SC3CCCC3)cc2)cc1S(=O)(=O)N(C)C. The molecule has 6 nitrogen and oxygen atoms in total. The molecule has 8 heteroatoms. The van der Waals surface area contributed by atoms with Crippen LogP contribution in [0.5, 0.6) is 5.75 Å². The lowest BCUT2D eigenvalue weighted by atomic mass is 10.2. The predicted octanol–water partition coefficient (Wildman–Crippen LogP) is 4.23. The lowest BCUT2D eigenvalue weighted by Crippen LogP contribution is -2.23. The van der Waals surface area contributed by atoms with Crippen molar-refractivity contribution >= 4 is 33.4 Å². The van der Waals surface area contributed by atoms with Crippen molar-refractivity contribution in [1.82, 2.24) is 4.31 Å². The Hall–Kier alpha value is -2.03. The van der Waals surface area contributed by atoms with Gasteiger partial charge >= 0.3 is 0 Å². The van der Waals surface area contributed by atoms with Crippen molar-refractivity contribution in [3.63, 3.8) is 0 Å². The molecule has 1 saturated carbocycles. The summed E-state index contributed by atoms with van der Waals surface area (Å²) in [7, 11) is 0.532. The summed E-state index contributed by atoms with van der Waals surface area (Å²) in [6, 6.07) is 12.1. The highest BCUT2D eigenvalue weighted by atomic mass is 32.2. The number of carbonyl (C=O) groups is 1. The van der Waals surface area contributed by atoms with Gasteiger partial charge in [0.05, 0.1) is 7.11 Å². The van der Waals surface area contributed by atoms with Crippen LogP contribution in [-0.2, 0) is 10.0 Å². The van der Waals surface area contributed by atoms with Gasteiger partial charge in [0.1, 0.15) is 10.6 Å². The van der Waals surface area contributed by atoms with Crippen molar-refractivity contribution in [2.75, 3.05) is 26.5 Å². The second-order valence-corrected chi connectivity index (χ2v) is 10.6. The van der Waals surface area contributed by atoms with Crippen molar-refractivity contribution < 1.29 is 17.9 Å². The molecule has 3 rings (SSSR count). The van der Waals surface area contributed by atoms with Gasteiger partial charge in [0.15, 0.2) is 0 Å². The summed E-state index contributed by atoms with van der Waals surface area (Å²) < 4.78 is 31.3. The number of rotatable bonds is 7. The largest absolute Gasteiger partial charge is 0.495 e. The van der Waals surface area contributed by atoms with E-state index in [-0.39, 0.29) is 22.1 Å². The number of hydrogen-bond acceptors (Lipinski definition) is 5. The first-order valence-corrected chi connectivity index (χ1v) is 11.8. The van der Waals surface area contributed by atoms with Crippen LogP contribution in [0.15, 0.2) is 52.3 Å². The standard InChI is InChI=1S/C21H26N2O4S2/c1-23(2)29(25,26)20-14-15(8-13-19(20)27-3)21(24)22-16-9-11-18(12-10-16)28-17-6-4-5-7-17/h8-14,17H,4-7H2,1-3H3,(H,22,24). The van der Waals surface area contributed by atoms with Crippen LogP contribution in [0, 0.1) is 0 Å². The van der Waals surface area contributed by atoms with Gasteiger partial charge in [-0.05, 0) is 55.3 Å². The molecule has 0 aliphatic heterocycles. The zero-order chi connectivity index (χ0) is 21.0. The van der Waals surface area contributed by atoms with Crippen LogP contribution >= 0.6 is 11.8 Å². The summed E-state index contributed by atoms with van der Waals surface area (Å²) in [6.45, 7) is 0. The van der Waals surface area contributed by atoms with E-state index < -0.39 is 10.0 Å². The Kier molecular flexibility index (Phi) is 6.87. The van der Waals surface area contributed by atoms with E-state index in [1.165, 1.54) is 63.9 Å². The average Bonchev–Trinajstić information content (AvgIpc) is 3.21. The molecule has 0 saturated heterocycles. The molecule has 1 aliphatic carbocycles. The summed E-state index contributed by atoms with van der Waals surface area (Å²) in [5.41, 5.74) is 0.911. The van der Waals surface area contributed by atoms with Gasteiger partial charge in [-0.15, -0.1) is 11.8 Å². The summed E-state index contributed by atoms with van der Waals surface area (Å²) in [6.07, 6.45) is 5.13. The fourth-order valence-electron chi connectivity index (χ4n) is 3.23. The number of nitrogens with zero attached hydrogens (tertiary/aromatic N) is 1. The fourth-order valence-corrected chi connectivity index (χ4v) is 5.56. The first kappa shape index (κ1) is 21.7. The van der Waals surface area contributed by atoms with Gasteiger partial charge in [-0.3, -0.25) is 4.79 Å². The Morgan fingerprint density at radius 2 is 1.76 bits per heavy atom. The number of anilines is 1. The van der Waals surface area contributed by atoms with Crippen molar-refractivity contribution in [3.05, 3.63) is 48.0 Å². The Morgan fingerprint density at radius 1 is 1.10 bits per heavy atom. The first-order valence-electron chi connectivity index (χ1n) is 9.50. The number of carbonyl (C=O) groups excluding carboxylic acids is 1. The maximum absolute atomic E-state index is 12.7. The van der Waals surface area contributed by atoms with Gasteiger partial charge in [-0.25, -0.2) is 12.7 Å². The number of amides is 1. The van der Waals surface area contributed by atoms with Crippen molar-refractivity contribution in [2.45, 2.75) is 40.7 Å². The van der Waals surface area contributed by atoms with Gasteiger partial charge in [0, 0.05) is 35.5 Å². The van der Waals surface area contributed by atoms with Crippen LogP contribution in [0.1, 0.15) is 36.0 Å². The highest BCUT2D eigenvalue weighted by molar-refractivity contribution is 8.00. The van der Waals surface area contributed by atoms with Crippen LogP contribution in [0.25, 0.3) is 0 Å². The molecule has 0 aromatic heterocycles. The third kappa shape index (κ3) is 5.12. The van der Waals surface area contributed by atoms with E-state index in [1.807, 2.05) is 36.0 Å². The van der Waals surface area contributed by atoms with Crippen LogP contribution in [-0.4, -0.2) is 45.1 Å². The molecule has 29 heavy (non-hydrogen) atoms. The normalized spacial score (nSPS) is 14.9. The van der Waals surface area contributed by atoms with Gasteiger partial charge in [0.25, 0.3) is 5.91 Å². The highest BCUT2D eigenvalue weighted by Gasteiger charge is 2.24. The van der Waals surface area contributed by atoms with Crippen LogP contribution in [0.2, 0.25) is 0 Å². The van der Waals surface area contributed by atoms with Gasteiger partial charge < -0.3 is 10.1 Å². The average molecular weight is 435 g/mol. The molecular weight excluding hydrogens is 408 g/mol. The van der Waals surface area contributed by atoms with Crippen molar-refractivity contribution in [3.8, 4) is 5.75 Å². The van der Waals surface area contributed by atoms with Crippen LogP contribution < -0.4 is 10.1 Å². The van der Waals surface area contributed by atoms with E-state index in [1.54, 1.807) is 6.07 Å². The van der Waals surface area contributed by atoms with E-state index in [9.17, 15) is 13.2 Å². The Labute approximate surface area is 176 Å². The molecule has 0 radical (unpaired) electrons. The molecule has 0 heterocycles. The summed E-state index contributed by atoms with van der Waals surface area (Å²) in [5.74, 6) is -0.178. The molecule has 156 valence electrons. The van der Waals surface area contributed by atoms with E-state index in [4.69, 9.17) is 4.74 Å². The third-order valence-electron chi connectivity index (χ3n) is 4.90. The monoisotopic (exact) mass is 434 g/mol.